The monoisotopic (exact) mass is 469 g/mol. The van der Waals surface area contributed by atoms with E-state index in [-0.39, 0.29) is 11.9 Å². The Labute approximate surface area is 208 Å². The predicted molar refractivity (Wildman–Crippen MR) is 142 cm³/mol. The Morgan fingerprint density at radius 1 is 1.00 bits per heavy atom. The van der Waals surface area contributed by atoms with Crippen molar-refractivity contribution >= 4 is 11.6 Å². The number of aryl methyl sites for hydroxylation is 1. The molecule has 0 aliphatic carbocycles. The van der Waals surface area contributed by atoms with Gasteiger partial charge >= 0.3 is 0 Å². The van der Waals surface area contributed by atoms with Crippen LogP contribution in [0, 0.1) is 6.92 Å². The van der Waals surface area contributed by atoms with Crippen molar-refractivity contribution in [2.24, 2.45) is 0 Å². The molecule has 2 N–H and O–H groups in total. The zero-order chi connectivity index (χ0) is 24.9. The molecule has 0 bridgehead atoms. The Kier molecular flexibility index (Phi) is 5.94. The molecule has 0 aromatic heterocycles. The van der Waals surface area contributed by atoms with Crippen LogP contribution >= 0.6 is 0 Å². The standard InChI is InChI=1S/C30H35N3O2/c1-19-12-13-25(33-18-27-28(33)17-32(27)5)16-26(19)29(34)31-20(2)21-8-6-9-22(14-21)23-10-7-11-24(15-23)30(3,4)35/h6-16,20,27-28,35H,17-18H2,1-5H3,(H,31,34)/t20-,27+,28?/m1/s1. The summed E-state index contributed by atoms with van der Waals surface area (Å²) in [6, 6.07) is 23.6. The highest BCUT2D eigenvalue weighted by Gasteiger charge is 2.49. The third-order valence-electron chi connectivity index (χ3n) is 7.70. The number of likely N-dealkylation sites (N-methyl/N-ethyl adjacent to an activating group) is 1. The number of piperazine rings is 1. The van der Waals surface area contributed by atoms with Crippen LogP contribution in [0.3, 0.4) is 0 Å². The molecule has 2 saturated heterocycles. The molecule has 2 heterocycles. The van der Waals surface area contributed by atoms with Gasteiger partial charge in [-0.3, -0.25) is 9.69 Å². The summed E-state index contributed by atoms with van der Waals surface area (Å²) in [6.45, 7) is 9.73. The summed E-state index contributed by atoms with van der Waals surface area (Å²) >= 11 is 0. The van der Waals surface area contributed by atoms with Crippen LogP contribution in [0.25, 0.3) is 11.1 Å². The molecule has 5 rings (SSSR count). The van der Waals surface area contributed by atoms with Crippen LogP contribution in [-0.4, -0.2) is 48.1 Å². The van der Waals surface area contributed by atoms with Crippen LogP contribution in [0.1, 0.15) is 53.9 Å². The van der Waals surface area contributed by atoms with Gasteiger partial charge in [0.1, 0.15) is 0 Å². The lowest BCUT2D eigenvalue weighted by molar-refractivity contribution is 0.0368. The SMILES string of the molecule is Cc1ccc(N2C[C@H]3C2CN3C)cc1C(=O)N[C@H](C)c1cccc(-c2cccc(C(C)(C)O)c2)c1. The number of benzene rings is 3. The van der Waals surface area contributed by atoms with Gasteiger partial charge in [-0.25, -0.2) is 0 Å². The first-order chi connectivity index (χ1) is 16.6. The number of anilines is 1. The second-order valence-electron chi connectivity index (χ2n) is 10.7. The molecule has 0 spiro atoms. The van der Waals surface area contributed by atoms with Gasteiger partial charge in [-0.1, -0.05) is 42.5 Å². The lowest BCUT2D eigenvalue weighted by Crippen LogP contribution is -2.78. The maximum Gasteiger partial charge on any atom is 0.252 e. The minimum absolute atomic E-state index is 0.0471. The average Bonchev–Trinajstić information content (AvgIpc) is 2.82. The Balaban J connectivity index is 1.32. The highest BCUT2D eigenvalue weighted by Crippen LogP contribution is 2.37. The highest BCUT2D eigenvalue weighted by atomic mass is 16.3. The molecule has 2 aliphatic heterocycles. The minimum atomic E-state index is -0.896. The topological polar surface area (TPSA) is 55.8 Å². The molecular formula is C30H35N3O2. The predicted octanol–water partition coefficient (Wildman–Crippen LogP) is 4.88. The number of amides is 1. The Morgan fingerprint density at radius 3 is 2.37 bits per heavy atom. The van der Waals surface area contributed by atoms with Crippen molar-refractivity contribution in [3.8, 4) is 11.1 Å². The fraction of sp³-hybridized carbons (Fsp3) is 0.367. The van der Waals surface area contributed by atoms with Crippen molar-refractivity contribution in [3.05, 3.63) is 89.0 Å². The third kappa shape index (κ3) is 4.46. The Morgan fingerprint density at radius 2 is 1.71 bits per heavy atom. The van der Waals surface area contributed by atoms with Crippen LogP contribution in [0.2, 0.25) is 0 Å². The van der Waals surface area contributed by atoms with Gasteiger partial charge in [0, 0.05) is 30.4 Å². The van der Waals surface area contributed by atoms with E-state index in [1.807, 2.05) is 56.3 Å². The molecule has 182 valence electrons. The van der Waals surface area contributed by atoms with Gasteiger partial charge in [0.05, 0.1) is 17.7 Å². The quantitative estimate of drug-likeness (QED) is 0.540. The number of aliphatic hydroxyl groups is 1. The zero-order valence-corrected chi connectivity index (χ0v) is 21.2. The first-order valence-electron chi connectivity index (χ1n) is 12.4. The number of rotatable bonds is 6. The second-order valence-corrected chi connectivity index (χ2v) is 10.7. The number of fused-ring (bicyclic) bond motifs is 1. The van der Waals surface area contributed by atoms with Crippen molar-refractivity contribution in [2.45, 2.75) is 51.4 Å². The van der Waals surface area contributed by atoms with Gasteiger partial charge in [-0.2, -0.15) is 0 Å². The maximum atomic E-state index is 13.3. The summed E-state index contributed by atoms with van der Waals surface area (Å²) < 4.78 is 0. The molecule has 3 aromatic carbocycles. The summed E-state index contributed by atoms with van der Waals surface area (Å²) in [5.41, 5.74) is 5.98. The van der Waals surface area contributed by atoms with Crippen molar-refractivity contribution in [3.63, 3.8) is 0 Å². The van der Waals surface area contributed by atoms with Crippen molar-refractivity contribution < 1.29 is 9.90 Å². The average molecular weight is 470 g/mol. The van der Waals surface area contributed by atoms with E-state index in [9.17, 15) is 9.90 Å². The normalized spacial score (nSPS) is 20.5. The minimum Gasteiger partial charge on any atom is -0.386 e. The molecule has 2 aliphatic rings. The number of hydrogen-bond acceptors (Lipinski definition) is 4. The van der Waals surface area contributed by atoms with Gasteiger partial charge in [0.2, 0.25) is 0 Å². The van der Waals surface area contributed by atoms with Crippen molar-refractivity contribution in [1.82, 2.24) is 10.2 Å². The number of nitrogens with one attached hydrogen (secondary N) is 1. The van der Waals surface area contributed by atoms with Gasteiger partial charge < -0.3 is 15.3 Å². The third-order valence-corrected chi connectivity index (χ3v) is 7.70. The van der Waals surface area contributed by atoms with Crippen LogP contribution in [-0.2, 0) is 5.60 Å². The summed E-state index contributed by atoms with van der Waals surface area (Å²) in [5.74, 6) is -0.0471. The van der Waals surface area contributed by atoms with Crippen LogP contribution in [0.5, 0.6) is 0 Å². The lowest BCUT2D eigenvalue weighted by Gasteiger charge is -2.62. The number of likely N-dealkylation sites (tertiary alicyclic amines) is 1. The fourth-order valence-electron chi connectivity index (χ4n) is 5.23. The molecular weight excluding hydrogens is 434 g/mol. The summed E-state index contributed by atoms with van der Waals surface area (Å²) in [7, 11) is 2.17. The maximum absolute atomic E-state index is 13.3. The van der Waals surface area contributed by atoms with E-state index in [1.165, 1.54) is 0 Å². The molecule has 5 heteroatoms. The molecule has 1 amide bonds. The molecule has 5 nitrogen and oxygen atoms in total. The first-order valence-corrected chi connectivity index (χ1v) is 12.4. The number of carbonyl (C=O) groups is 1. The fourth-order valence-corrected chi connectivity index (χ4v) is 5.23. The summed E-state index contributed by atoms with van der Waals surface area (Å²) in [5, 5.41) is 13.6. The number of nitrogens with zero attached hydrogens (tertiary/aromatic N) is 2. The largest absolute Gasteiger partial charge is 0.386 e. The zero-order valence-electron chi connectivity index (χ0n) is 21.2. The van der Waals surface area contributed by atoms with Crippen LogP contribution < -0.4 is 10.2 Å². The van der Waals surface area contributed by atoms with Crippen LogP contribution in [0.4, 0.5) is 5.69 Å². The molecule has 1 unspecified atom stereocenters. The second kappa shape index (κ2) is 8.81. The van der Waals surface area contributed by atoms with E-state index in [0.717, 1.165) is 52.2 Å². The molecule has 35 heavy (non-hydrogen) atoms. The lowest BCUT2D eigenvalue weighted by atomic mass is 9.85. The smallest absolute Gasteiger partial charge is 0.252 e. The molecule has 0 radical (unpaired) electrons. The Hall–Kier alpha value is -3.15. The highest BCUT2D eigenvalue weighted by molar-refractivity contribution is 5.97. The number of carbonyl (C=O) groups excluding carboxylic acids is 1. The molecule has 3 aromatic rings. The van der Waals surface area contributed by atoms with Crippen LogP contribution in [0.15, 0.2) is 66.7 Å². The van der Waals surface area contributed by atoms with E-state index in [0.29, 0.717) is 12.1 Å². The summed E-state index contributed by atoms with van der Waals surface area (Å²) in [6.07, 6.45) is 0. The molecule has 0 saturated carbocycles. The van der Waals surface area contributed by atoms with Gasteiger partial charge in [0.25, 0.3) is 5.91 Å². The Bertz CT molecular complexity index is 1260. The number of hydrogen-bond donors (Lipinski definition) is 2. The summed E-state index contributed by atoms with van der Waals surface area (Å²) in [4.78, 5) is 18.1. The van der Waals surface area contributed by atoms with Crippen molar-refractivity contribution in [2.75, 3.05) is 25.0 Å². The van der Waals surface area contributed by atoms with Crippen molar-refractivity contribution in [1.29, 1.82) is 0 Å². The first kappa shape index (κ1) is 23.6. The van der Waals surface area contributed by atoms with E-state index >= 15 is 0 Å². The van der Waals surface area contributed by atoms with E-state index in [2.05, 4.69) is 46.4 Å². The van der Waals surface area contributed by atoms with E-state index in [1.54, 1.807) is 13.8 Å². The van der Waals surface area contributed by atoms with E-state index in [4.69, 9.17) is 0 Å². The van der Waals surface area contributed by atoms with Gasteiger partial charge in [0.15, 0.2) is 0 Å². The molecule has 3 atom stereocenters. The van der Waals surface area contributed by atoms with E-state index < -0.39 is 5.60 Å². The molecule has 2 fully saturated rings. The van der Waals surface area contributed by atoms with Gasteiger partial charge in [-0.05, 0) is 86.8 Å². The van der Waals surface area contributed by atoms with Gasteiger partial charge in [-0.15, -0.1) is 0 Å².